The average Bonchev–Trinajstić information content (AvgIpc) is 2.31. The van der Waals surface area contributed by atoms with Crippen LogP contribution in [0.3, 0.4) is 0 Å². The third kappa shape index (κ3) is 3.51. The second kappa shape index (κ2) is 5.93. The number of carbonyl (C=O) groups excluding carboxylic acids is 1. The number of rotatable bonds is 3. The Hall–Kier alpha value is 0.0200. The second-order valence-corrected chi connectivity index (χ2v) is 6.34. The van der Waals surface area contributed by atoms with Gasteiger partial charge in [-0.1, -0.05) is 38.5 Å². The topological polar surface area (TPSA) is 17.1 Å². The van der Waals surface area contributed by atoms with Gasteiger partial charge in [0.1, 0.15) is 5.78 Å². The summed E-state index contributed by atoms with van der Waals surface area (Å²) in [6, 6.07) is 0. The Labute approximate surface area is 97.4 Å². The van der Waals surface area contributed by atoms with E-state index in [0.717, 1.165) is 18.8 Å². The van der Waals surface area contributed by atoms with Gasteiger partial charge in [0.25, 0.3) is 0 Å². The molecule has 2 heteroatoms. The van der Waals surface area contributed by atoms with Crippen LogP contribution in [-0.2, 0) is 4.79 Å². The summed E-state index contributed by atoms with van der Waals surface area (Å²) < 4.78 is 0. The summed E-state index contributed by atoms with van der Waals surface area (Å²) in [4.78, 5) is 12.0. The zero-order chi connectivity index (χ0) is 10.5. The molecular formula is C13H22OS. The molecule has 0 spiro atoms. The van der Waals surface area contributed by atoms with E-state index in [2.05, 4.69) is 0 Å². The summed E-state index contributed by atoms with van der Waals surface area (Å²) >= 11 is 1.91. The lowest BCUT2D eigenvalue weighted by atomic mass is 9.85. The fourth-order valence-corrected chi connectivity index (χ4v) is 4.07. The van der Waals surface area contributed by atoms with Crippen LogP contribution in [0.15, 0.2) is 0 Å². The lowest BCUT2D eigenvalue weighted by Gasteiger charge is -2.25. The van der Waals surface area contributed by atoms with Crippen molar-refractivity contribution in [1.29, 1.82) is 0 Å². The Morgan fingerprint density at radius 2 is 1.73 bits per heavy atom. The van der Waals surface area contributed by atoms with Crippen LogP contribution in [0.25, 0.3) is 0 Å². The summed E-state index contributed by atoms with van der Waals surface area (Å²) in [5.41, 5.74) is 0. The average molecular weight is 226 g/mol. The molecule has 86 valence electrons. The van der Waals surface area contributed by atoms with E-state index in [9.17, 15) is 4.79 Å². The molecule has 1 heterocycles. The molecule has 15 heavy (non-hydrogen) atoms. The summed E-state index contributed by atoms with van der Waals surface area (Å²) in [5.74, 6) is 2.50. The summed E-state index contributed by atoms with van der Waals surface area (Å²) in [6.07, 6.45) is 11.3. The summed E-state index contributed by atoms with van der Waals surface area (Å²) in [7, 11) is 0. The highest BCUT2D eigenvalue weighted by Crippen LogP contribution is 2.31. The highest BCUT2D eigenvalue weighted by atomic mass is 32.2. The van der Waals surface area contributed by atoms with Crippen molar-refractivity contribution in [2.45, 2.75) is 63.0 Å². The van der Waals surface area contributed by atoms with Crippen LogP contribution in [0.5, 0.6) is 0 Å². The Kier molecular flexibility index (Phi) is 4.55. The smallest absolute Gasteiger partial charge is 0.146 e. The molecule has 1 unspecified atom stereocenters. The van der Waals surface area contributed by atoms with Gasteiger partial charge in [0.2, 0.25) is 0 Å². The molecule has 0 aromatic carbocycles. The fraction of sp³-hybridized carbons (Fsp3) is 0.923. The minimum Gasteiger partial charge on any atom is -0.298 e. The Bertz CT molecular complexity index is 203. The van der Waals surface area contributed by atoms with Crippen molar-refractivity contribution in [1.82, 2.24) is 0 Å². The Balaban J connectivity index is 1.74. The predicted octanol–water partition coefficient (Wildman–Crippen LogP) is 3.81. The first-order chi connectivity index (χ1) is 7.36. The quantitative estimate of drug-likeness (QED) is 0.728. The van der Waals surface area contributed by atoms with Crippen molar-refractivity contribution in [2.75, 3.05) is 5.75 Å². The molecule has 1 nitrogen and oxygen atoms in total. The van der Waals surface area contributed by atoms with Crippen molar-refractivity contribution in [3.05, 3.63) is 0 Å². The maximum Gasteiger partial charge on any atom is 0.146 e. The maximum atomic E-state index is 12.0. The molecule has 0 aromatic heterocycles. The molecule has 0 amide bonds. The van der Waals surface area contributed by atoms with Crippen molar-refractivity contribution < 1.29 is 4.79 Å². The predicted molar refractivity (Wildman–Crippen MR) is 66.3 cm³/mol. The largest absolute Gasteiger partial charge is 0.298 e. The van der Waals surface area contributed by atoms with E-state index in [1.165, 1.54) is 50.7 Å². The van der Waals surface area contributed by atoms with Crippen molar-refractivity contribution in [2.24, 2.45) is 5.92 Å². The zero-order valence-electron chi connectivity index (χ0n) is 9.54. The zero-order valence-corrected chi connectivity index (χ0v) is 10.4. The monoisotopic (exact) mass is 226 g/mol. The number of Topliss-reactive ketones (excluding diaryl/α,β-unsaturated/α-hetero) is 1. The highest BCUT2D eigenvalue weighted by Gasteiger charge is 2.25. The molecule has 2 fully saturated rings. The molecule has 0 radical (unpaired) electrons. The van der Waals surface area contributed by atoms with E-state index in [0.29, 0.717) is 11.0 Å². The Morgan fingerprint density at radius 3 is 2.40 bits per heavy atom. The van der Waals surface area contributed by atoms with Crippen LogP contribution in [0.2, 0.25) is 0 Å². The SMILES string of the molecule is O=C(CC1CCCCC1)C1CCCCS1. The lowest BCUT2D eigenvalue weighted by molar-refractivity contribution is -0.119. The highest BCUT2D eigenvalue weighted by molar-refractivity contribution is 8.00. The number of ketones is 1. The molecule has 1 atom stereocenters. The summed E-state index contributed by atoms with van der Waals surface area (Å²) in [5, 5.41) is 0.362. The molecule has 2 rings (SSSR count). The molecule has 2 aliphatic rings. The Morgan fingerprint density at radius 1 is 1.00 bits per heavy atom. The van der Waals surface area contributed by atoms with Gasteiger partial charge in [0.05, 0.1) is 5.25 Å². The van der Waals surface area contributed by atoms with Gasteiger partial charge in [0, 0.05) is 6.42 Å². The van der Waals surface area contributed by atoms with Crippen LogP contribution in [0.1, 0.15) is 57.8 Å². The van der Waals surface area contributed by atoms with Gasteiger partial charge in [-0.2, -0.15) is 11.8 Å². The molecule has 1 aliphatic carbocycles. The van der Waals surface area contributed by atoms with Gasteiger partial charge in [-0.25, -0.2) is 0 Å². The molecule has 0 bridgehead atoms. The van der Waals surface area contributed by atoms with E-state index in [4.69, 9.17) is 0 Å². The molecule has 0 aromatic rings. The maximum absolute atomic E-state index is 12.0. The molecular weight excluding hydrogens is 204 g/mol. The molecule has 0 N–H and O–H groups in total. The minimum absolute atomic E-state index is 0.362. The van der Waals surface area contributed by atoms with Crippen molar-refractivity contribution in [3.8, 4) is 0 Å². The third-order valence-corrected chi connectivity index (χ3v) is 5.18. The first kappa shape index (κ1) is 11.5. The van der Waals surface area contributed by atoms with Crippen LogP contribution in [0.4, 0.5) is 0 Å². The van der Waals surface area contributed by atoms with E-state index >= 15 is 0 Å². The van der Waals surface area contributed by atoms with Gasteiger partial charge in [0.15, 0.2) is 0 Å². The normalized spacial score (nSPS) is 28.9. The van der Waals surface area contributed by atoms with Gasteiger partial charge in [-0.05, 0) is 24.5 Å². The molecule has 1 saturated carbocycles. The first-order valence-corrected chi connectivity index (χ1v) is 7.55. The van der Waals surface area contributed by atoms with Crippen molar-refractivity contribution in [3.63, 3.8) is 0 Å². The van der Waals surface area contributed by atoms with Gasteiger partial charge >= 0.3 is 0 Å². The molecule has 1 saturated heterocycles. The van der Waals surface area contributed by atoms with Gasteiger partial charge in [-0.15, -0.1) is 0 Å². The van der Waals surface area contributed by atoms with Crippen LogP contribution in [0, 0.1) is 5.92 Å². The number of thioether (sulfide) groups is 1. The number of hydrogen-bond donors (Lipinski definition) is 0. The third-order valence-electron chi connectivity index (χ3n) is 3.75. The van der Waals surface area contributed by atoms with E-state index in [1.54, 1.807) is 0 Å². The van der Waals surface area contributed by atoms with Crippen LogP contribution >= 0.6 is 11.8 Å². The van der Waals surface area contributed by atoms with Crippen LogP contribution in [-0.4, -0.2) is 16.8 Å². The van der Waals surface area contributed by atoms with Gasteiger partial charge < -0.3 is 0 Å². The van der Waals surface area contributed by atoms with E-state index < -0.39 is 0 Å². The van der Waals surface area contributed by atoms with Gasteiger partial charge in [-0.3, -0.25) is 4.79 Å². The lowest BCUT2D eigenvalue weighted by Crippen LogP contribution is -2.24. The number of carbonyl (C=O) groups is 1. The second-order valence-electron chi connectivity index (χ2n) is 5.03. The summed E-state index contributed by atoms with van der Waals surface area (Å²) in [6.45, 7) is 0. The van der Waals surface area contributed by atoms with Crippen LogP contribution < -0.4 is 0 Å². The number of hydrogen-bond acceptors (Lipinski definition) is 2. The fourth-order valence-electron chi connectivity index (χ4n) is 2.80. The first-order valence-electron chi connectivity index (χ1n) is 6.50. The standard InChI is InChI=1S/C13H22OS/c14-12(13-8-4-5-9-15-13)10-11-6-2-1-3-7-11/h11,13H,1-10H2. The van der Waals surface area contributed by atoms with E-state index in [-0.39, 0.29) is 0 Å². The molecule has 1 aliphatic heterocycles. The minimum atomic E-state index is 0.362. The van der Waals surface area contributed by atoms with Crippen molar-refractivity contribution >= 4 is 17.5 Å². The van der Waals surface area contributed by atoms with E-state index in [1.807, 2.05) is 11.8 Å².